The molecule has 4 atom stereocenters. The molecule has 1 aliphatic carbocycles. The van der Waals surface area contributed by atoms with E-state index in [4.69, 9.17) is 0 Å². The summed E-state index contributed by atoms with van der Waals surface area (Å²) in [5.41, 5.74) is 1.81. The van der Waals surface area contributed by atoms with E-state index < -0.39 is 6.10 Å². The number of hydrogen-bond acceptors (Lipinski definition) is 6. The highest BCUT2D eigenvalue weighted by molar-refractivity contribution is 5.52. The van der Waals surface area contributed by atoms with Crippen molar-refractivity contribution in [1.82, 2.24) is 20.3 Å². The van der Waals surface area contributed by atoms with Gasteiger partial charge in [0, 0.05) is 48.4 Å². The number of aliphatic hydroxyl groups is 2. The molecule has 1 aliphatic rings. The third-order valence-electron chi connectivity index (χ3n) is 5.13. The Morgan fingerprint density at radius 2 is 2.08 bits per heavy atom. The van der Waals surface area contributed by atoms with Crippen molar-refractivity contribution in [3.05, 3.63) is 42.5 Å². The molecule has 140 valence electrons. The molecule has 6 heteroatoms. The molecule has 1 saturated carbocycles. The van der Waals surface area contributed by atoms with Crippen LogP contribution in [0.3, 0.4) is 0 Å². The van der Waals surface area contributed by atoms with E-state index in [2.05, 4.69) is 34.1 Å². The fourth-order valence-corrected chi connectivity index (χ4v) is 3.75. The van der Waals surface area contributed by atoms with Gasteiger partial charge in [-0.05, 0) is 49.4 Å². The Labute approximate surface area is 154 Å². The van der Waals surface area contributed by atoms with Crippen molar-refractivity contribution in [2.24, 2.45) is 17.8 Å². The smallest absolute Gasteiger partial charge is 0.160 e. The van der Waals surface area contributed by atoms with Crippen molar-refractivity contribution < 1.29 is 10.2 Å². The van der Waals surface area contributed by atoms with Gasteiger partial charge in [0.2, 0.25) is 0 Å². The van der Waals surface area contributed by atoms with E-state index in [1.54, 1.807) is 18.6 Å². The van der Waals surface area contributed by atoms with Crippen LogP contribution in [0.15, 0.2) is 36.8 Å². The van der Waals surface area contributed by atoms with Crippen LogP contribution in [0, 0.1) is 17.8 Å². The number of pyridine rings is 1. The molecule has 0 amide bonds. The van der Waals surface area contributed by atoms with Crippen LogP contribution in [0.1, 0.15) is 26.0 Å². The number of rotatable bonds is 7. The fourth-order valence-electron chi connectivity index (χ4n) is 3.75. The van der Waals surface area contributed by atoms with Crippen LogP contribution in [0.2, 0.25) is 0 Å². The van der Waals surface area contributed by atoms with Crippen molar-refractivity contribution in [3.63, 3.8) is 0 Å². The Morgan fingerprint density at radius 1 is 1.23 bits per heavy atom. The number of hydrogen-bond donors (Lipinski definition) is 3. The summed E-state index contributed by atoms with van der Waals surface area (Å²) in [5, 5.41) is 23.7. The molecule has 2 heterocycles. The molecule has 0 aromatic carbocycles. The van der Waals surface area contributed by atoms with Crippen molar-refractivity contribution >= 4 is 0 Å². The summed E-state index contributed by atoms with van der Waals surface area (Å²) in [4.78, 5) is 13.2. The second-order valence-electron chi connectivity index (χ2n) is 7.54. The first-order valence-corrected chi connectivity index (χ1v) is 9.33. The Bertz CT molecular complexity index is 695. The van der Waals surface area contributed by atoms with Crippen LogP contribution >= 0.6 is 0 Å². The van der Waals surface area contributed by atoms with Crippen LogP contribution in [-0.2, 0) is 6.42 Å². The highest BCUT2D eigenvalue weighted by Crippen LogP contribution is 2.35. The number of nitrogens with zero attached hydrogens (tertiary/aromatic N) is 3. The van der Waals surface area contributed by atoms with Crippen LogP contribution < -0.4 is 5.32 Å². The molecule has 1 fully saturated rings. The first kappa shape index (κ1) is 18.9. The minimum absolute atomic E-state index is 0.00770. The van der Waals surface area contributed by atoms with Crippen molar-refractivity contribution in [2.75, 3.05) is 13.2 Å². The molecular formula is C20H28N4O2. The monoisotopic (exact) mass is 356 g/mol. The lowest BCUT2D eigenvalue weighted by molar-refractivity contribution is 0.0716. The summed E-state index contributed by atoms with van der Waals surface area (Å²) >= 11 is 0. The Hall–Kier alpha value is -1.89. The lowest BCUT2D eigenvalue weighted by Gasteiger charge is -2.25. The molecule has 0 saturated heterocycles. The summed E-state index contributed by atoms with van der Waals surface area (Å²) in [7, 11) is 0. The van der Waals surface area contributed by atoms with Gasteiger partial charge in [-0.25, -0.2) is 9.97 Å². The molecule has 26 heavy (non-hydrogen) atoms. The summed E-state index contributed by atoms with van der Waals surface area (Å²) < 4.78 is 0. The predicted molar refractivity (Wildman–Crippen MR) is 100 cm³/mol. The maximum absolute atomic E-state index is 10.4. The third kappa shape index (κ3) is 4.44. The van der Waals surface area contributed by atoms with E-state index in [9.17, 15) is 10.2 Å². The SMILES string of the molecule is CC(C)CN[C@@H]1C[C@@H](O)[C@H](CO)[C@H]1Cc1ccnc(-c2cccnc2)n1. The minimum atomic E-state index is -0.478. The summed E-state index contributed by atoms with van der Waals surface area (Å²) in [6.07, 6.45) is 6.14. The highest BCUT2D eigenvalue weighted by Gasteiger charge is 2.42. The summed E-state index contributed by atoms with van der Waals surface area (Å²) in [6, 6.07) is 5.90. The highest BCUT2D eigenvalue weighted by atomic mass is 16.3. The molecule has 3 rings (SSSR count). The molecule has 2 aromatic rings. The second kappa shape index (κ2) is 8.66. The average molecular weight is 356 g/mol. The van der Waals surface area contributed by atoms with Crippen LogP contribution in [0.25, 0.3) is 11.4 Å². The largest absolute Gasteiger partial charge is 0.396 e. The third-order valence-corrected chi connectivity index (χ3v) is 5.13. The lowest BCUT2D eigenvalue weighted by atomic mass is 9.88. The topological polar surface area (TPSA) is 91.2 Å². The van der Waals surface area contributed by atoms with E-state index in [1.165, 1.54) is 0 Å². The van der Waals surface area contributed by atoms with Gasteiger partial charge in [0.05, 0.1) is 6.10 Å². The van der Waals surface area contributed by atoms with Crippen LogP contribution in [-0.4, -0.2) is 50.5 Å². The zero-order valence-electron chi connectivity index (χ0n) is 15.4. The molecule has 0 unspecified atom stereocenters. The minimum Gasteiger partial charge on any atom is -0.396 e. The maximum atomic E-state index is 10.4. The maximum Gasteiger partial charge on any atom is 0.160 e. The van der Waals surface area contributed by atoms with Crippen molar-refractivity contribution in [3.8, 4) is 11.4 Å². The van der Waals surface area contributed by atoms with Gasteiger partial charge in [0.25, 0.3) is 0 Å². The average Bonchev–Trinajstić information content (AvgIpc) is 2.95. The molecule has 0 aliphatic heterocycles. The Balaban J connectivity index is 1.78. The Kier molecular flexibility index (Phi) is 6.29. The van der Waals surface area contributed by atoms with Crippen molar-refractivity contribution in [1.29, 1.82) is 0 Å². The van der Waals surface area contributed by atoms with E-state index in [0.29, 0.717) is 24.6 Å². The number of aliphatic hydroxyl groups excluding tert-OH is 2. The number of nitrogens with one attached hydrogen (secondary N) is 1. The second-order valence-corrected chi connectivity index (χ2v) is 7.54. The van der Waals surface area contributed by atoms with Gasteiger partial charge in [-0.3, -0.25) is 4.98 Å². The van der Waals surface area contributed by atoms with E-state index in [1.807, 2.05) is 18.2 Å². The molecule has 6 nitrogen and oxygen atoms in total. The zero-order valence-corrected chi connectivity index (χ0v) is 15.4. The van der Waals surface area contributed by atoms with Gasteiger partial charge in [-0.15, -0.1) is 0 Å². The molecule has 0 radical (unpaired) electrons. The first-order chi connectivity index (χ1) is 12.6. The molecule has 0 spiro atoms. The molecule has 2 aromatic heterocycles. The fraction of sp³-hybridized carbons (Fsp3) is 0.550. The van der Waals surface area contributed by atoms with Crippen molar-refractivity contribution in [2.45, 2.75) is 38.8 Å². The van der Waals surface area contributed by atoms with Gasteiger partial charge in [0.15, 0.2) is 5.82 Å². The van der Waals surface area contributed by atoms with Gasteiger partial charge in [-0.1, -0.05) is 13.8 Å². The van der Waals surface area contributed by atoms with E-state index in [-0.39, 0.29) is 24.5 Å². The van der Waals surface area contributed by atoms with E-state index >= 15 is 0 Å². The van der Waals surface area contributed by atoms with Gasteiger partial charge >= 0.3 is 0 Å². The summed E-state index contributed by atoms with van der Waals surface area (Å²) in [5.74, 6) is 1.21. The first-order valence-electron chi connectivity index (χ1n) is 9.33. The molecule has 0 bridgehead atoms. The van der Waals surface area contributed by atoms with Gasteiger partial charge < -0.3 is 15.5 Å². The van der Waals surface area contributed by atoms with E-state index in [0.717, 1.165) is 17.8 Å². The van der Waals surface area contributed by atoms with Gasteiger partial charge in [0.1, 0.15) is 0 Å². The number of aromatic nitrogens is 3. The standard InChI is InChI=1S/C20H28N4O2/c1-13(2)10-23-18-9-19(26)17(12-25)16(18)8-15-5-7-22-20(24-15)14-4-3-6-21-11-14/h3-7,11,13,16-19,23,25-26H,8-10,12H2,1-2H3/t16-,17-,18-,19-/m1/s1. The predicted octanol–water partition coefficient (Wildman–Crippen LogP) is 1.68. The van der Waals surface area contributed by atoms with Crippen LogP contribution in [0.4, 0.5) is 0 Å². The van der Waals surface area contributed by atoms with Crippen LogP contribution in [0.5, 0.6) is 0 Å². The molecular weight excluding hydrogens is 328 g/mol. The van der Waals surface area contributed by atoms with Gasteiger partial charge in [-0.2, -0.15) is 0 Å². The lowest BCUT2D eigenvalue weighted by Crippen LogP contribution is -2.38. The summed E-state index contributed by atoms with van der Waals surface area (Å²) in [6.45, 7) is 5.23. The zero-order chi connectivity index (χ0) is 18.5. The normalized spacial score (nSPS) is 25.7. The Morgan fingerprint density at radius 3 is 2.77 bits per heavy atom. The molecule has 3 N–H and O–H groups in total. The quantitative estimate of drug-likeness (QED) is 0.699.